The highest BCUT2D eigenvalue weighted by Gasteiger charge is 2.07. The Labute approximate surface area is 117 Å². The van der Waals surface area contributed by atoms with Gasteiger partial charge in [0.15, 0.2) is 5.75 Å². The first-order valence-corrected chi connectivity index (χ1v) is 6.46. The number of aryl methyl sites for hydroxylation is 1. The van der Waals surface area contributed by atoms with Gasteiger partial charge in [-0.05, 0) is 30.7 Å². The van der Waals surface area contributed by atoms with Crippen molar-refractivity contribution in [3.63, 3.8) is 0 Å². The molecule has 0 radical (unpaired) electrons. The number of benzene rings is 1. The van der Waals surface area contributed by atoms with Gasteiger partial charge in [0, 0.05) is 24.2 Å². The zero-order valence-corrected chi connectivity index (χ0v) is 11.2. The van der Waals surface area contributed by atoms with E-state index in [1.54, 1.807) is 6.20 Å². The van der Waals surface area contributed by atoms with Gasteiger partial charge in [-0.2, -0.15) is 0 Å². The van der Waals surface area contributed by atoms with Gasteiger partial charge in [0.1, 0.15) is 0 Å². The number of hydrogen-bond acceptors (Lipinski definition) is 4. The number of rotatable bonds is 3. The average molecular weight is 265 g/mol. The molecule has 0 aliphatic rings. The number of hydrogen-bond donors (Lipinski definition) is 1. The van der Waals surface area contributed by atoms with E-state index in [4.69, 9.17) is 10.5 Å². The summed E-state index contributed by atoms with van der Waals surface area (Å²) in [5.74, 6) is 1.25. The van der Waals surface area contributed by atoms with Crippen molar-refractivity contribution in [2.75, 3.05) is 0 Å². The molecule has 0 unspecified atom stereocenters. The van der Waals surface area contributed by atoms with E-state index in [0.29, 0.717) is 18.2 Å². The average Bonchev–Trinajstić information content (AvgIpc) is 2.49. The molecule has 1 aromatic carbocycles. The van der Waals surface area contributed by atoms with Crippen LogP contribution < -0.4 is 10.5 Å². The maximum atomic E-state index is 5.83. The molecule has 0 saturated carbocycles. The summed E-state index contributed by atoms with van der Waals surface area (Å²) in [7, 11) is 0. The van der Waals surface area contributed by atoms with Crippen molar-refractivity contribution in [2.24, 2.45) is 5.73 Å². The van der Waals surface area contributed by atoms with Gasteiger partial charge >= 0.3 is 0 Å². The summed E-state index contributed by atoms with van der Waals surface area (Å²) in [6.07, 6.45) is 1.74. The molecule has 3 aromatic rings. The first-order chi connectivity index (χ1) is 9.78. The summed E-state index contributed by atoms with van der Waals surface area (Å²) in [5, 5.41) is 1.06. The number of aromatic nitrogens is 2. The van der Waals surface area contributed by atoms with Crippen molar-refractivity contribution >= 4 is 10.9 Å². The Hall–Kier alpha value is -2.46. The molecule has 20 heavy (non-hydrogen) atoms. The van der Waals surface area contributed by atoms with Crippen LogP contribution in [0.15, 0.2) is 48.7 Å². The normalized spacial score (nSPS) is 10.7. The Morgan fingerprint density at radius 3 is 2.80 bits per heavy atom. The van der Waals surface area contributed by atoms with E-state index in [1.807, 2.05) is 49.4 Å². The fourth-order valence-corrected chi connectivity index (χ4v) is 2.13. The van der Waals surface area contributed by atoms with E-state index in [9.17, 15) is 0 Å². The lowest BCUT2D eigenvalue weighted by Crippen LogP contribution is -2.00. The van der Waals surface area contributed by atoms with Crippen LogP contribution in [0.4, 0.5) is 0 Å². The van der Waals surface area contributed by atoms with E-state index in [0.717, 1.165) is 22.2 Å². The zero-order valence-electron chi connectivity index (χ0n) is 11.2. The quantitative estimate of drug-likeness (QED) is 0.790. The maximum Gasteiger partial charge on any atom is 0.220 e. The van der Waals surface area contributed by atoms with Gasteiger partial charge in [0.2, 0.25) is 5.88 Å². The highest BCUT2D eigenvalue weighted by molar-refractivity contribution is 5.82. The molecule has 100 valence electrons. The minimum Gasteiger partial charge on any atom is -0.437 e. The standard InChI is InChI=1S/C16H15N3O/c1-11-15(7-4-8-18-11)20-16-9-12(10-17)13-5-2-3-6-14(13)19-16/h2-9H,10,17H2,1H3. The number of fused-ring (bicyclic) bond motifs is 1. The van der Waals surface area contributed by atoms with E-state index in [2.05, 4.69) is 9.97 Å². The molecule has 0 saturated heterocycles. The molecule has 0 spiro atoms. The highest BCUT2D eigenvalue weighted by Crippen LogP contribution is 2.26. The summed E-state index contributed by atoms with van der Waals surface area (Å²) in [6, 6.07) is 13.5. The molecule has 0 fully saturated rings. The van der Waals surface area contributed by atoms with Crippen LogP contribution in [0.2, 0.25) is 0 Å². The fourth-order valence-electron chi connectivity index (χ4n) is 2.13. The van der Waals surface area contributed by atoms with Crippen molar-refractivity contribution in [1.82, 2.24) is 9.97 Å². The Morgan fingerprint density at radius 1 is 1.15 bits per heavy atom. The summed E-state index contributed by atoms with van der Waals surface area (Å²) in [4.78, 5) is 8.72. The first kappa shape index (κ1) is 12.6. The number of nitrogens with zero attached hydrogens (tertiary/aromatic N) is 2. The summed E-state index contributed by atoms with van der Waals surface area (Å²) < 4.78 is 5.83. The third kappa shape index (κ3) is 2.33. The molecule has 4 nitrogen and oxygen atoms in total. The maximum absolute atomic E-state index is 5.83. The predicted molar refractivity (Wildman–Crippen MR) is 78.7 cm³/mol. The monoisotopic (exact) mass is 265 g/mol. The lowest BCUT2D eigenvalue weighted by molar-refractivity contribution is 0.458. The molecule has 4 heteroatoms. The molecular weight excluding hydrogens is 250 g/mol. The Balaban J connectivity index is 2.06. The topological polar surface area (TPSA) is 61.0 Å². The minimum atomic E-state index is 0.450. The van der Waals surface area contributed by atoms with Gasteiger partial charge < -0.3 is 10.5 Å². The van der Waals surface area contributed by atoms with Crippen molar-refractivity contribution in [1.29, 1.82) is 0 Å². The van der Waals surface area contributed by atoms with Gasteiger partial charge in [0.25, 0.3) is 0 Å². The molecule has 2 aromatic heterocycles. The molecule has 2 heterocycles. The highest BCUT2D eigenvalue weighted by atomic mass is 16.5. The third-order valence-electron chi connectivity index (χ3n) is 3.17. The lowest BCUT2D eigenvalue weighted by atomic mass is 10.1. The number of para-hydroxylation sites is 1. The van der Waals surface area contributed by atoms with Gasteiger partial charge in [0.05, 0.1) is 11.2 Å². The third-order valence-corrected chi connectivity index (χ3v) is 3.17. The Bertz CT molecular complexity index is 756. The zero-order chi connectivity index (χ0) is 13.9. The van der Waals surface area contributed by atoms with Crippen LogP contribution in [-0.2, 0) is 6.54 Å². The fraction of sp³-hybridized carbons (Fsp3) is 0.125. The molecule has 3 rings (SSSR count). The van der Waals surface area contributed by atoms with Gasteiger partial charge in [-0.1, -0.05) is 18.2 Å². The minimum absolute atomic E-state index is 0.450. The van der Waals surface area contributed by atoms with E-state index < -0.39 is 0 Å². The molecule has 0 aliphatic carbocycles. The molecule has 0 amide bonds. The molecule has 2 N–H and O–H groups in total. The smallest absolute Gasteiger partial charge is 0.220 e. The van der Waals surface area contributed by atoms with Crippen LogP contribution in [-0.4, -0.2) is 9.97 Å². The molecule has 0 bridgehead atoms. The van der Waals surface area contributed by atoms with Crippen LogP contribution in [0, 0.1) is 6.92 Å². The van der Waals surface area contributed by atoms with Crippen molar-refractivity contribution in [2.45, 2.75) is 13.5 Å². The SMILES string of the molecule is Cc1ncccc1Oc1cc(CN)c2ccccc2n1. The van der Waals surface area contributed by atoms with Crippen LogP contribution in [0.1, 0.15) is 11.3 Å². The molecule has 0 atom stereocenters. The molecule has 0 aliphatic heterocycles. The largest absolute Gasteiger partial charge is 0.437 e. The number of pyridine rings is 2. The van der Waals surface area contributed by atoms with Gasteiger partial charge in [-0.15, -0.1) is 0 Å². The van der Waals surface area contributed by atoms with Crippen LogP contribution in [0.3, 0.4) is 0 Å². The second-order valence-corrected chi connectivity index (χ2v) is 4.53. The first-order valence-electron chi connectivity index (χ1n) is 6.46. The number of ether oxygens (including phenoxy) is 1. The summed E-state index contributed by atoms with van der Waals surface area (Å²) >= 11 is 0. The van der Waals surface area contributed by atoms with E-state index in [-0.39, 0.29) is 0 Å². The van der Waals surface area contributed by atoms with E-state index >= 15 is 0 Å². The predicted octanol–water partition coefficient (Wildman–Crippen LogP) is 3.19. The Morgan fingerprint density at radius 2 is 2.00 bits per heavy atom. The van der Waals surface area contributed by atoms with Crippen LogP contribution in [0.25, 0.3) is 10.9 Å². The van der Waals surface area contributed by atoms with E-state index in [1.165, 1.54) is 0 Å². The van der Waals surface area contributed by atoms with Crippen molar-refractivity contribution in [3.8, 4) is 11.6 Å². The summed E-state index contributed by atoms with van der Waals surface area (Å²) in [5.41, 5.74) is 8.54. The Kier molecular flexibility index (Phi) is 3.31. The second kappa shape index (κ2) is 5.27. The number of nitrogens with two attached hydrogens (primary N) is 1. The van der Waals surface area contributed by atoms with Crippen LogP contribution in [0.5, 0.6) is 11.6 Å². The molecular formula is C16H15N3O. The van der Waals surface area contributed by atoms with Crippen molar-refractivity contribution < 1.29 is 4.74 Å². The second-order valence-electron chi connectivity index (χ2n) is 4.53. The van der Waals surface area contributed by atoms with Gasteiger partial charge in [-0.25, -0.2) is 4.98 Å². The van der Waals surface area contributed by atoms with Crippen molar-refractivity contribution in [3.05, 3.63) is 59.9 Å². The summed E-state index contributed by atoms with van der Waals surface area (Å²) in [6.45, 7) is 2.35. The lowest BCUT2D eigenvalue weighted by Gasteiger charge is -2.10. The van der Waals surface area contributed by atoms with Gasteiger partial charge in [-0.3, -0.25) is 4.98 Å². The van der Waals surface area contributed by atoms with Crippen LogP contribution >= 0.6 is 0 Å².